The van der Waals surface area contributed by atoms with Crippen LogP contribution >= 0.6 is 0 Å². The van der Waals surface area contributed by atoms with Crippen LogP contribution in [0.4, 0.5) is 5.69 Å². The van der Waals surface area contributed by atoms with Crippen molar-refractivity contribution < 1.29 is 28.9 Å². The SMILES string of the molecule is CN1C(=O)[C@@H](NC(=O)c2cc(OC3CCC3)ccn2)COc2ccc(C#CC3(O)COC3)cc21. The van der Waals surface area contributed by atoms with Gasteiger partial charge in [-0.1, -0.05) is 11.8 Å². The van der Waals surface area contributed by atoms with E-state index < -0.39 is 17.6 Å². The van der Waals surface area contributed by atoms with Gasteiger partial charge in [0, 0.05) is 24.9 Å². The fourth-order valence-electron chi connectivity index (χ4n) is 3.76. The number of pyridine rings is 1. The number of ether oxygens (including phenoxy) is 3. The summed E-state index contributed by atoms with van der Waals surface area (Å²) >= 11 is 0. The number of nitrogens with one attached hydrogen (secondary N) is 1. The Morgan fingerprint density at radius 2 is 2.12 bits per heavy atom. The number of carbonyl (C=O) groups excluding carboxylic acids is 2. The summed E-state index contributed by atoms with van der Waals surface area (Å²) in [5.74, 6) is 5.99. The molecule has 2 aliphatic heterocycles. The average molecular weight is 463 g/mol. The van der Waals surface area contributed by atoms with Crippen molar-refractivity contribution in [2.75, 3.05) is 31.8 Å². The Kier molecular flexibility index (Phi) is 5.86. The Labute approximate surface area is 197 Å². The molecule has 34 heavy (non-hydrogen) atoms. The zero-order chi connectivity index (χ0) is 23.7. The molecule has 1 aromatic carbocycles. The van der Waals surface area contributed by atoms with Crippen molar-refractivity contribution >= 4 is 17.5 Å². The largest absolute Gasteiger partial charge is 0.490 e. The molecule has 0 radical (unpaired) electrons. The van der Waals surface area contributed by atoms with Crippen LogP contribution in [-0.2, 0) is 9.53 Å². The summed E-state index contributed by atoms with van der Waals surface area (Å²) in [4.78, 5) is 31.5. The highest BCUT2D eigenvalue weighted by Gasteiger charge is 2.34. The van der Waals surface area contributed by atoms with Gasteiger partial charge in [0.15, 0.2) is 5.60 Å². The predicted molar refractivity (Wildman–Crippen MR) is 122 cm³/mol. The summed E-state index contributed by atoms with van der Waals surface area (Å²) < 4.78 is 16.7. The summed E-state index contributed by atoms with van der Waals surface area (Å²) in [5, 5.41) is 12.8. The summed E-state index contributed by atoms with van der Waals surface area (Å²) in [6, 6.07) is 7.60. The number of rotatable bonds is 4. The lowest BCUT2D eigenvalue weighted by Gasteiger charge is -2.30. The lowest BCUT2D eigenvalue weighted by molar-refractivity contribution is -0.140. The van der Waals surface area contributed by atoms with Crippen LogP contribution in [-0.4, -0.2) is 66.5 Å². The molecule has 5 rings (SSSR count). The third-order valence-electron chi connectivity index (χ3n) is 6.10. The van der Waals surface area contributed by atoms with Crippen LogP contribution in [0.5, 0.6) is 11.5 Å². The van der Waals surface area contributed by atoms with Crippen molar-refractivity contribution in [3.05, 3.63) is 47.8 Å². The van der Waals surface area contributed by atoms with E-state index in [9.17, 15) is 14.7 Å². The lowest BCUT2D eigenvalue weighted by Crippen LogP contribution is -2.49. The zero-order valence-corrected chi connectivity index (χ0v) is 18.7. The maximum Gasteiger partial charge on any atom is 0.270 e. The molecule has 0 spiro atoms. The summed E-state index contributed by atoms with van der Waals surface area (Å²) in [7, 11) is 1.62. The molecule has 1 aromatic heterocycles. The van der Waals surface area contributed by atoms with Gasteiger partial charge in [0.1, 0.15) is 29.8 Å². The summed E-state index contributed by atoms with van der Waals surface area (Å²) in [5.41, 5.74) is 0.190. The van der Waals surface area contributed by atoms with E-state index in [-0.39, 0.29) is 37.5 Å². The molecule has 2 amide bonds. The van der Waals surface area contributed by atoms with Gasteiger partial charge in [-0.25, -0.2) is 0 Å². The van der Waals surface area contributed by atoms with Gasteiger partial charge in [0.2, 0.25) is 0 Å². The van der Waals surface area contributed by atoms with Crippen molar-refractivity contribution in [2.24, 2.45) is 0 Å². The quantitative estimate of drug-likeness (QED) is 0.658. The molecule has 1 saturated carbocycles. The van der Waals surface area contributed by atoms with Crippen LogP contribution in [0.15, 0.2) is 36.5 Å². The van der Waals surface area contributed by atoms with Crippen molar-refractivity contribution in [1.29, 1.82) is 0 Å². The van der Waals surface area contributed by atoms with E-state index >= 15 is 0 Å². The van der Waals surface area contributed by atoms with Gasteiger partial charge in [-0.3, -0.25) is 14.6 Å². The van der Waals surface area contributed by atoms with Gasteiger partial charge in [-0.05, 0) is 43.5 Å². The Hall–Kier alpha value is -3.61. The molecule has 2 fully saturated rings. The highest BCUT2D eigenvalue weighted by atomic mass is 16.5. The monoisotopic (exact) mass is 463 g/mol. The highest BCUT2D eigenvalue weighted by Crippen LogP contribution is 2.32. The maximum atomic E-state index is 13.1. The number of anilines is 1. The number of carbonyl (C=O) groups is 2. The molecule has 1 aliphatic carbocycles. The molecular weight excluding hydrogens is 438 g/mol. The van der Waals surface area contributed by atoms with Crippen LogP contribution in [0, 0.1) is 11.8 Å². The first-order chi connectivity index (χ1) is 16.4. The van der Waals surface area contributed by atoms with Crippen LogP contribution < -0.4 is 19.7 Å². The van der Waals surface area contributed by atoms with Crippen molar-refractivity contribution in [2.45, 2.75) is 37.0 Å². The van der Waals surface area contributed by atoms with E-state index in [1.54, 1.807) is 37.4 Å². The second-order valence-electron chi connectivity index (χ2n) is 8.74. The number of amides is 2. The highest BCUT2D eigenvalue weighted by molar-refractivity contribution is 6.03. The van der Waals surface area contributed by atoms with Crippen molar-refractivity contribution in [3.8, 4) is 23.3 Å². The minimum Gasteiger partial charge on any atom is -0.490 e. The first kappa shape index (κ1) is 22.2. The predicted octanol–water partition coefficient (Wildman–Crippen LogP) is 1.28. The van der Waals surface area contributed by atoms with Crippen LogP contribution in [0.25, 0.3) is 0 Å². The van der Waals surface area contributed by atoms with Crippen LogP contribution in [0.1, 0.15) is 35.3 Å². The summed E-state index contributed by atoms with van der Waals surface area (Å²) in [6.07, 6.45) is 4.86. The van der Waals surface area contributed by atoms with Gasteiger partial charge in [-0.2, -0.15) is 0 Å². The van der Waals surface area contributed by atoms with Gasteiger partial charge in [0.25, 0.3) is 11.8 Å². The molecule has 9 nitrogen and oxygen atoms in total. The van der Waals surface area contributed by atoms with Gasteiger partial charge in [-0.15, -0.1) is 0 Å². The van der Waals surface area contributed by atoms with E-state index in [2.05, 4.69) is 22.1 Å². The zero-order valence-electron chi connectivity index (χ0n) is 18.7. The van der Waals surface area contributed by atoms with E-state index in [1.165, 1.54) is 11.1 Å². The topological polar surface area (TPSA) is 110 Å². The van der Waals surface area contributed by atoms with Crippen molar-refractivity contribution in [1.82, 2.24) is 10.3 Å². The third-order valence-corrected chi connectivity index (χ3v) is 6.10. The normalized spacial score (nSPS) is 20.9. The number of aliphatic hydroxyl groups is 1. The number of likely N-dealkylation sites (N-methyl/N-ethyl adjacent to an activating group) is 1. The number of nitrogens with zero attached hydrogens (tertiary/aromatic N) is 2. The van der Waals surface area contributed by atoms with Gasteiger partial charge in [0.05, 0.1) is 25.0 Å². The maximum absolute atomic E-state index is 13.1. The molecule has 0 bridgehead atoms. The number of benzene rings is 1. The number of fused-ring (bicyclic) bond motifs is 1. The first-order valence-electron chi connectivity index (χ1n) is 11.2. The molecular formula is C25H25N3O6. The standard InChI is InChI=1S/C25H25N3O6/c1-28-21-11-16(7-9-25(31)14-32-15-25)5-6-22(21)33-13-20(24(28)30)27-23(29)19-12-18(8-10-26-19)34-17-3-2-4-17/h5-6,8,10-12,17,20,31H,2-4,13-15H2,1H3,(H,27,29)/t20-/m0/s1. The Morgan fingerprint density at radius 3 is 2.82 bits per heavy atom. The van der Waals surface area contributed by atoms with Crippen LogP contribution in [0.3, 0.4) is 0 Å². The number of aromatic nitrogens is 1. The fraction of sp³-hybridized carbons (Fsp3) is 0.400. The minimum absolute atomic E-state index is 0.0255. The molecule has 1 atom stereocenters. The Balaban J connectivity index is 1.28. The lowest BCUT2D eigenvalue weighted by atomic mass is 9.96. The second kappa shape index (κ2) is 8.97. The third kappa shape index (κ3) is 4.55. The fourth-order valence-corrected chi connectivity index (χ4v) is 3.76. The van der Waals surface area contributed by atoms with Crippen LogP contribution in [0.2, 0.25) is 0 Å². The number of hydrogen-bond donors (Lipinski definition) is 2. The minimum atomic E-state index is -1.13. The molecule has 9 heteroatoms. The van der Waals surface area contributed by atoms with Crippen molar-refractivity contribution in [3.63, 3.8) is 0 Å². The van der Waals surface area contributed by atoms with Gasteiger partial charge < -0.3 is 29.5 Å². The Morgan fingerprint density at radius 1 is 1.29 bits per heavy atom. The summed E-state index contributed by atoms with van der Waals surface area (Å²) in [6.45, 7) is 0.332. The molecule has 1 saturated heterocycles. The molecule has 176 valence electrons. The second-order valence-corrected chi connectivity index (χ2v) is 8.74. The molecule has 3 heterocycles. The van der Waals surface area contributed by atoms with E-state index in [4.69, 9.17) is 14.2 Å². The van der Waals surface area contributed by atoms with E-state index in [0.717, 1.165) is 19.3 Å². The molecule has 3 aliphatic rings. The first-order valence-corrected chi connectivity index (χ1v) is 11.2. The molecule has 0 unspecified atom stereocenters. The molecule has 2 aromatic rings. The molecule has 2 N–H and O–H groups in total. The van der Waals surface area contributed by atoms with Gasteiger partial charge >= 0.3 is 0 Å². The van der Waals surface area contributed by atoms with E-state index in [1.807, 2.05) is 0 Å². The average Bonchev–Trinajstić information content (AvgIpc) is 2.91. The number of hydrogen-bond acceptors (Lipinski definition) is 7. The van der Waals surface area contributed by atoms with E-state index in [0.29, 0.717) is 22.7 Å². The Bertz CT molecular complexity index is 1180. The smallest absolute Gasteiger partial charge is 0.270 e.